The number of carbonyl (C=O) groups excluding carboxylic acids is 1. The van der Waals surface area contributed by atoms with Crippen LogP contribution in [0.4, 0.5) is 4.79 Å². The van der Waals surface area contributed by atoms with E-state index in [0.717, 1.165) is 48.1 Å². The molecule has 0 aliphatic heterocycles. The monoisotopic (exact) mass is 555 g/mol. The van der Waals surface area contributed by atoms with Gasteiger partial charge in [-0.1, -0.05) is 12.1 Å². The van der Waals surface area contributed by atoms with Gasteiger partial charge in [0.15, 0.2) is 0 Å². The van der Waals surface area contributed by atoms with Gasteiger partial charge in [-0.25, -0.2) is 4.79 Å². The van der Waals surface area contributed by atoms with E-state index in [1.54, 1.807) is 26.6 Å². The van der Waals surface area contributed by atoms with E-state index in [1.165, 1.54) is 4.90 Å². The molecule has 1 fully saturated rings. The Bertz CT molecular complexity index is 1060. The molecule has 1 aliphatic carbocycles. The molecule has 0 bridgehead atoms. The molecule has 1 atom stereocenters. The zero-order valence-corrected chi connectivity index (χ0v) is 24.6. The molecule has 0 spiro atoms. The van der Waals surface area contributed by atoms with Crippen LogP contribution >= 0.6 is 0 Å². The van der Waals surface area contributed by atoms with Gasteiger partial charge in [-0.15, -0.1) is 0 Å². The molecule has 1 aromatic heterocycles. The predicted molar refractivity (Wildman–Crippen MR) is 153 cm³/mol. The third kappa shape index (κ3) is 9.78. The molecular weight excluding hydrogens is 510 g/mol. The summed E-state index contributed by atoms with van der Waals surface area (Å²) in [5.41, 5.74) is 2.38. The van der Waals surface area contributed by atoms with Gasteiger partial charge in [-0.05, 0) is 87.8 Å². The Morgan fingerprint density at radius 3 is 2.38 bits per heavy atom. The lowest BCUT2D eigenvalue weighted by Crippen LogP contribution is -2.51. The van der Waals surface area contributed by atoms with Crippen molar-refractivity contribution in [2.24, 2.45) is 5.92 Å². The van der Waals surface area contributed by atoms with Crippen LogP contribution in [0.2, 0.25) is 0 Å². The molecular formula is C31H45N3O6. The maximum Gasteiger partial charge on any atom is 0.407 e. The summed E-state index contributed by atoms with van der Waals surface area (Å²) in [5.74, 6) is 0.179. The Labute approximate surface area is 238 Å². The molecule has 220 valence electrons. The fraction of sp³-hybridized carbons (Fsp3) is 0.581. The summed E-state index contributed by atoms with van der Waals surface area (Å²) in [6.45, 7) is 7.70. The van der Waals surface area contributed by atoms with Gasteiger partial charge in [0.05, 0.1) is 12.5 Å². The number of ether oxygens (including phenoxy) is 3. The second kappa shape index (κ2) is 15.0. The minimum absolute atomic E-state index is 0.0338. The molecule has 2 amide bonds. The van der Waals surface area contributed by atoms with Crippen LogP contribution in [0, 0.1) is 5.92 Å². The van der Waals surface area contributed by atoms with Gasteiger partial charge < -0.3 is 29.1 Å². The molecule has 0 radical (unpaired) electrons. The van der Waals surface area contributed by atoms with Crippen molar-refractivity contribution in [1.29, 1.82) is 0 Å². The Balaban J connectivity index is 1.89. The number of amides is 2. The Morgan fingerprint density at radius 2 is 1.77 bits per heavy atom. The number of carboxylic acid groups (broad SMARTS) is 1. The van der Waals surface area contributed by atoms with E-state index in [2.05, 4.69) is 11.1 Å². The topological polar surface area (TPSA) is 101 Å². The number of nitrogens with zero attached hydrogens (tertiary/aromatic N) is 3. The van der Waals surface area contributed by atoms with Gasteiger partial charge in [0.2, 0.25) is 5.91 Å². The first-order valence-corrected chi connectivity index (χ1v) is 14.1. The van der Waals surface area contributed by atoms with Crippen molar-refractivity contribution in [2.75, 3.05) is 40.6 Å². The van der Waals surface area contributed by atoms with E-state index in [0.29, 0.717) is 32.8 Å². The van der Waals surface area contributed by atoms with E-state index >= 15 is 0 Å². The molecule has 0 saturated heterocycles. The van der Waals surface area contributed by atoms with Gasteiger partial charge in [-0.3, -0.25) is 9.78 Å². The number of benzene rings is 1. The number of hydrogen-bond acceptors (Lipinski definition) is 6. The largest absolute Gasteiger partial charge is 0.491 e. The summed E-state index contributed by atoms with van der Waals surface area (Å²) in [6, 6.07) is 10.1. The van der Waals surface area contributed by atoms with Gasteiger partial charge in [-0.2, -0.15) is 0 Å². The number of carbonyl (C=O) groups is 2. The van der Waals surface area contributed by atoms with Crippen LogP contribution in [0.25, 0.3) is 0 Å². The number of hydrogen-bond donors (Lipinski definition) is 1. The predicted octanol–water partition coefficient (Wildman–Crippen LogP) is 4.81. The Morgan fingerprint density at radius 1 is 1.05 bits per heavy atom. The standard InChI is InChI=1S/C31H45N3O6/c1-31(2,3)34(30(36)37)22-26(17-24-8-6-12-32-20-24)29(35)33(27-10-11-27)21-25-16-23(9-7-13-38-4)18-28(19-25)40-15-14-39-5/h6,8,12,16,18-20,26-27H,7,9-11,13-15,17,21-22H2,1-5H3,(H,36,37). The summed E-state index contributed by atoms with van der Waals surface area (Å²) in [4.78, 5) is 34.0. The number of aryl methyl sites for hydroxylation is 1. The molecule has 1 saturated carbocycles. The smallest absolute Gasteiger partial charge is 0.407 e. The maximum atomic E-state index is 14.2. The highest BCUT2D eigenvalue weighted by molar-refractivity contribution is 5.81. The minimum atomic E-state index is -1.03. The Hall–Kier alpha value is -3.17. The normalized spacial score (nSPS) is 14.0. The van der Waals surface area contributed by atoms with Crippen molar-refractivity contribution < 1.29 is 28.9 Å². The molecule has 1 aliphatic rings. The average molecular weight is 556 g/mol. The second-order valence-corrected chi connectivity index (χ2v) is 11.4. The molecule has 9 nitrogen and oxygen atoms in total. The van der Waals surface area contributed by atoms with Crippen molar-refractivity contribution in [1.82, 2.24) is 14.8 Å². The molecule has 3 rings (SSSR count). The summed E-state index contributed by atoms with van der Waals surface area (Å²) in [7, 11) is 3.34. The number of pyridine rings is 1. The first kappa shape index (κ1) is 31.4. The molecule has 40 heavy (non-hydrogen) atoms. The van der Waals surface area contributed by atoms with Crippen LogP contribution in [0.1, 0.15) is 56.7 Å². The van der Waals surface area contributed by atoms with Gasteiger partial charge in [0.1, 0.15) is 12.4 Å². The van der Waals surface area contributed by atoms with E-state index in [1.807, 2.05) is 49.9 Å². The lowest BCUT2D eigenvalue weighted by molar-refractivity contribution is -0.137. The van der Waals surface area contributed by atoms with E-state index < -0.39 is 17.6 Å². The van der Waals surface area contributed by atoms with E-state index in [4.69, 9.17) is 14.2 Å². The third-order valence-corrected chi connectivity index (χ3v) is 7.02. The minimum Gasteiger partial charge on any atom is -0.491 e. The molecule has 1 heterocycles. The fourth-order valence-corrected chi connectivity index (χ4v) is 4.81. The van der Waals surface area contributed by atoms with Crippen LogP contribution in [-0.2, 0) is 33.7 Å². The lowest BCUT2D eigenvalue weighted by atomic mass is 9.95. The van der Waals surface area contributed by atoms with E-state index in [-0.39, 0.29) is 18.5 Å². The first-order chi connectivity index (χ1) is 19.1. The summed E-state index contributed by atoms with van der Waals surface area (Å²) in [5, 5.41) is 10.00. The number of methoxy groups -OCH3 is 2. The Kier molecular flexibility index (Phi) is 11.8. The van der Waals surface area contributed by atoms with E-state index in [9.17, 15) is 14.7 Å². The lowest BCUT2D eigenvalue weighted by Gasteiger charge is -2.37. The highest BCUT2D eigenvalue weighted by Gasteiger charge is 2.38. The summed E-state index contributed by atoms with van der Waals surface area (Å²) in [6.07, 6.45) is 6.43. The van der Waals surface area contributed by atoms with Crippen molar-refractivity contribution in [3.8, 4) is 5.75 Å². The molecule has 1 N–H and O–H groups in total. The fourth-order valence-electron chi connectivity index (χ4n) is 4.81. The van der Waals surface area contributed by atoms with Crippen molar-refractivity contribution in [3.63, 3.8) is 0 Å². The van der Waals surface area contributed by atoms with Crippen molar-refractivity contribution in [3.05, 3.63) is 59.4 Å². The van der Waals surface area contributed by atoms with Crippen LogP contribution < -0.4 is 4.74 Å². The first-order valence-electron chi connectivity index (χ1n) is 14.1. The highest BCUT2D eigenvalue weighted by Crippen LogP contribution is 2.32. The molecule has 1 aromatic carbocycles. The van der Waals surface area contributed by atoms with Crippen LogP contribution in [0.3, 0.4) is 0 Å². The zero-order chi connectivity index (χ0) is 29.1. The van der Waals surface area contributed by atoms with Crippen molar-refractivity contribution in [2.45, 2.75) is 71.0 Å². The van der Waals surface area contributed by atoms with Gasteiger partial charge in [0, 0.05) is 57.9 Å². The quantitative estimate of drug-likeness (QED) is 0.297. The van der Waals surface area contributed by atoms with Crippen LogP contribution in [0.15, 0.2) is 42.7 Å². The molecule has 2 aromatic rings. The van der Waals surface area contributed by atoms with Crippen LogP contribution in [-0.4, -0.2) is 84.1 Å². The zero-order valence-electron chi connectivity index (χ0n) is 24.6. The van der Waals surface area contributed by atoms with Crippen LogP contribution in [0.5, 0.6) is 5.75 Å². The van der Waals surface area contributed by atoms with Gasteiger partial charge in [0.25, 0.3) is 0 Å². The number of rotatable bonds is 16. The second-order valence-electron chi connectivity index (χ2n) is 11.4. The number of aromatic nitrogens is 1. The average Bonchev–Trinajstić information content (AvgIpc) is 3.75. The van der Waals surface area contributed by atoms with Gasteiger partial charge >= 0.3 is 6.09 Å². The van der Waals surface area contributed by atoms with Crippen molar-refractivity contribution >= 4 is 12.0 Å². The maximum absolute atomic E-state index is 14.2. The summed E-state index contributed by atoms with van der Waals surface area (Å²) >= 11 is 0. The SMILES string of the molecule is COCCCc1cc(CN(C(=O)C(Cc2cccnc2)CN(C(=O)O)C(C)(C)C)C2CC2)cc(OCCOC)c1. The molecule has 9 heteroatoms. The third-order valence-electron chi connectivity index (χ3n) is 7.02. The highest BCUT2D eigenvalue weighted by atomic mass is 16.5. The molecule has 1 unspecified atom stereocenters. The summed E-state index contributed by atoms with van der Waals surface area (Å²) < 4.78 is 16.3.